The first-order chi connectivity index (χ1) is 23.2. The number of thiazole rings is 1. The third-order valence-electron chi connectivity index (χ3n) is 8.95. The van der Waals surface area contributed by atoms with E-state index in [-0.39, 0.29) is 17.6 Å². The summed E-state index contributed by atoms with van der Waals surface area (Å²) in [5, 5.41) is 4.15. The Balaban J connectivity index is 1.27. The van der Waals surface area contributed by atoms with E-state index < -0.39 is 51.4 Å². The van der Waals surface area contributed by atoms with Gasteiger partial charge in [-0.25, -0.2) is 4.90 Å². The van der Waals surface area contributed by atoms with E-state index >= 15 is 0 Å². The van der Waals surface area contributed by atoms with Gasteiger partial charge in [-0.05, 0) is 57.6 Å². The molecule has 0 bridgehead atoms. The summed E-state index contributed by atoms with van der Waals surface area (Å²) >= 11 is 1.92. The minimum Gasteiger partial charge on any atom is -0.325 e. The molecule has 0 spiro atoms. The van der Waals surface area contributed by atoms with Crippen LogP contribution in [-0.2, 0) is 32.5 Å². The number of fused-ring (bicyclic) bond motifs is 3. The number of thioether (sulfide) groups is 1. The van der Waals surface area contributed by atoms with Crippen LogP contribution in [0.4, 0.5) is 24.5 Å². The van der Waals surface area contributed by atoms with Gasteiger partial charge in [-0.2, -0.15) is 13.2 Å². The molecule has 2 unspecified atom stereocenters. The molecule has 7 nitrogen and oxygen atoms in total. The minimum absolute atomic E-state index is 0.166. The molecule has 2 aliphatic heterocycles. The molecule has 4 aromatic carbocycles. The van der Waals surface area contributed by atoms with Crippen molar-refractivity contribution in [1.29, 1.82) is 0 Å². The van der Waals surface area contributed by atoms with Crippen LogP contribution in [-0.4, -0.2) is 27.5 Å². The zero-order valence-corrected chi connectivity index (χ0v) is 28.2. The van der Waals surface area contributed by atoms with E-state index in [1.165, 1.54) is 16.7 Å². The molecule has 3 atom stereocenters. The van der Waals surface area contributed by atoms with Gasteiger partial charge in [-0.1, -0.05) is 105 Å². The number of halogens is 3. The Morgan fingerprint density at radius 2 is 1.53 bits per heavy atom. The number of nitrogens with zero attached hydrogens (tertiary/aromatic N) is 2. The first-order valence-corrected chi connectivity index (χ1v) is 17.2. The molecule has 1 aromatic heterocycles. The average molecular weight is 702 g/mol. The number of aromatic nitrogens is 1. The molecule has 1 saturated heterocycles. The minimum atomic E-state index is -4.67. The summed E-state index contributed by atoms with van der Waals surface area (Å²) in [6, 6.07) is 25.0. The molecule has 0 saturated carbocycles. The summed E-state index contributed by atoms with van der Waals surface area (Å²) < 4.78 is 42.2. The summed E-state index contributed by atoms with van der Waals surface area (Å²) in [5.41, 5.74) is 0.962. The lowest BCUT2D eigenvalue weighted by Gasteiger charge is -2.31. The lowest BCUT2D eigenvalue weighted by molar-refractivity contribution is -0.137. The first-order valence-electron chi connectivity index (χ1n) is 15.5. The normalized spacial score (nSPS) is 19.2. The molecule has 3 heterocycles. The van der Waals surface area contributed by atoms with Crippen molar-refractivity contribution in [1.82, 2.24) is 4.57 Å². The first kappa shape index (κ1) is 32.8. The summed E-state index contributed by atoms with van der Waals surface area (Å²) in [5.74, 6) is -3.50. The second kappa shape index (κ2) is 12.0. The van der Waals surface area contributed by atoms with Gasteiger partial charge in [0.05, 0.1) is 22.2 Å². The molecule has 12 heteroatoms. The predicted octanol–water partition coefficient (Wildman–Crippen LogP) is 7.81. The molecule has 2 aliphatic rings. The van der Waals surface area contributed by atoms with E-state index in [1.807, 2.05) is 60.7 Å². The number of imide groups is 1. The maximum Gasteiger partial charge on any atom is 0.416 e. The van der Waals surface area contributed by atoms with E-state index in [9.17, 15) is 32.3 Å². The zero-order chi connectivity index (χ0) is 34.8. The van der Waals surface area contributed by atoms with E-state index in [2.05, 4.69) is 26.1 Å². The van der Waals surface area contributed by atoms with Crippen LogP contribution in [0.3, 0.4) is 0 Å². The van der Waals surface area contributed by atoms with Gasteiger partial charge < -0.3 is 5.32 Å². The Hall–Kier alpha value is -4.68. The van der Waals surface area contributed by atoms with Crippen molar-refractivity contribution in [3.05, 3.63) is 122 Å². The van der Waals surface area contributed by atoms with Crippen LogP contribution in [0.15, 0.2) is 101 Å². The predicted molar refractivity (Wildman–Crippen MR) is 185 cm³/mol. The molecular formula is C37H30F3N3O4S2. The van der Waals surface area contributed by atoms with Gasteiger partial charge in [-0.3, -0.25) is 23.7 Å². The summed E-state index contributed by atoms with van der Waals surface area (Å²) in [6.07, 6.45) is -4.67. The fourth-order valence-corrected chi connectivity index (χ4v) is 9.27. The Morgan fingerprint density at radius 3 is 2.22 bits per heavy atom. The van der Waals surface area contributed by atoms with Gasteiger partial charge in [0, 0.05) is 16.5 Å². The van der Waals surface area contributed by atoms with Crippen LogP contribution in [0.2, 0.25) is 0 Å². The third-order valence-corrected chi connectivity index (χ3v) is 11.6. The second-order valence-electron chi connectivity index (χ2n) is 13.2. The van der Waals surface area contributed by atoms with E-state index in [0.717, 1.165) is 56.5 Å². The van der Waals surface area contributed by atoms with E-state index in [1.54, 1.807) is 6.07 Å². The van der Waals surface area contributed by atoms with Crippen LogP contribution in [0, 0.1) is 5.92 Å². The molecule has 5 aromatic rings. The molecule has 1 N–H and O–H groups in total. The van der Waals surface area contributed by atoms with Gasteiger partial charge in [0.1, 0.15) is 11.8 Å². The van der Waals surface area contributed by atoms with Gasteiger partial charge in [0.15, 0.2) is 0 Å². The van der Waals surface area contributed by atoms with Crippen molar-refractivity contribution in [2.24, 2.45) is 5.92 Å². The monoisotopic (exact) mass is 701 g/mol. The number of nitrogens with one attached hydrogen (secondary N) is 1. The van der Waals surface area contributed by atoms with Gasteiger partial charge in [-0.15, -0.1) is 0 Å². The molecule has 7 rings (SSSR count). The van der Waals surface area contributed by atoms with Crippen molar-refractivity contribution in [3.63, 3.8) is 0 Å². The number of benzene rings is 4. The Morgan fingerprint density at radius 1 is 0.816 bits per heavy atom. The van der Waals surface area contributed by atoms with Gasteiger partial charge in [0.25, 0.3) is 0 Å². The Kier molecular flexibility index (Phi) is 8.06. The lowest BCUT2D eigenvalue weighted by atomic mass is 9.81. The number of carbonyl (C=O) groups excluding carboxylic acids is 3. The number of hydrogen-bond acceptors (Lipinski definition) is 6. The van der Waals surface area contributed by atoms with Gasteiger partial charge >= 0.3 is 11.0 Å². The SMILES string of the molecule is CC(C)(C)c1ccc([C@H]2c3sc(=O)n(CC(=O)Nc4ccc5ccccc5c4)c3SC3C(=O)N(c4cccc(C(F)(F)F)c4)C(=O)C32)cc1. The van der Waals surface area contributed by atoms with Crippen molar-refractivity contribution < 1.29 is 27.6 Å². The summed E-state index contributed by atoms with van der Waals surface area (Å²) in [6.45, 7) is 5.86. The standard InChI is InChI=1S/C37H30F3N3O4S2/c1-36(2,3)23-14-11-21(12-15-23)28-29-30(33(46)43(32(29)45)26-10-6-9-24(18-26)37(38,39)40)48-34-31(28)49-35(47)42(34)19-27(44)41-25-16-13-20-7-4-5-8-22(20)17-25/h4-18,28-30H,19H2,1-3H3,(H,41,44)/t28-,29?,30?/m1/s1. The number of hydrogen-bond donors (Lipinski definition) is 1. The third kappa shape index (κ3) is 5.97. The Labute approximate surface area is 287 Å². The highest BCUT2D eigenvalue weighted by molar-refractivity contribution is 8.00. The van der Waals surface area contributed by atoms with Crippen LogP contribution in [0.1, 0.15) is 48.3 Å². The highest BCUT2D eigenvalue weighted by atomic mass is 32.2. The maximum atomic E-state index is 14.2. The van der Waals surface area contributed by atoms with Crippen LogP contribution in [0.5, 0.6) is 0 Å². The number of amides is 3. The molecular weight excluding hydrogens is 672 g/mol. The molecule has 250 valence electrons. The molecule has 3 amide bonds. The molecule has 1 fully saturated rings. The molecule has 0 radical (unpaired) electrons. The quantitative estimate of drug-likeness (QED) is 0.189. The zero-order valence-electron chi connectivity index (χ0n) is 26.6. The van der Waals surface area contributed by atoms with E-state index in [0.29, 0.717) is 21.2 Å². The number of carbonyl (C=O) groups is 3. The number of rotatable bonds is 5. The topological polar surface area (TPSA) is 88.5 Å². The highest BCUT2D eigenvalue weighted by Crippen LogP contribution is 2.54. The average Bonchev–Trinajstić information content (AvgIpc) is 3.50. The molecule has 49 heavy (non-hydrogen) atoms. The number of anilines is 2. The fraction of sp³-hybridized carbons (Fsp3) is 0.243. The van der Waals surface area contributed by atoms with Crippen molar-refractivity contribution in [2.75, 3.05) is 10.2 Å². The summed E-state index contributed by atoms with van der Waals surface area (Å²) in [4.78, 5) is 56.0. The highest BCUT2D eigenvalue weighted by Gasteiger charge is 2.57. The summed E-state index contributed by atoms with van der Waals surface area (Å²) in [7, 11) is 0. The maximum absolute atomic E-state index is 14.2. The number of alkyl halides is 3. The lowest BCUT2D eigenvalue weighted by Crippen LogP contribution is -2.33. The van der Waals surface area contributed by atoms with Crippen molar-refractivity contribution in [2.45, 2.75) is 55.1 Å². The van der Waals surface area contributed by atoms with Crippen LogP contribution in [0.25, 0.3) is 10.8 Å². The smallest absolute Gasteiger partial charge is 0.325 e. The van der Waals surface area contributed by atoms with Crippen molar-refractivity contribution >= 4 is 63.0 Å². The van der Waals surface area contributed by atoms with Gasteiger partial charge in [0.2, 0.25) is 17.7 Å². The van der Waals surface area contributed by atoms with Crippen molar-refractivity contribution in [3.8, 4) is 0 Å². The van der Waals surface area contributed by atoms with Crippen LogP contribution >= 0.6 is 23.1 Å². The fourth-order valence-electron chi connectivity index (χ4n) is 6.49. The molecule has 0 aliphatic carbocycles. The second-order valence-corrected chi connectivity index (χ2v) is 15.3. The van der Waals surface area contributed by atoms with Crippen LogP contribution < -0.4 is 15.1 Å². The van der Waals surface area contributed by atoms with E-state index in [4.69, 9.17) is 0 Å². The largest absolute Gasteiger partial charge is 0.416 e. The Bertz CT molecular complexity index is 2200.